The summed E-state index contributed by atoms with van der Waals surface area (Å²) in [6, 6.07) is 3.76. The third-order valence-electron chi connectivity index (χ3n) is 1.80. The lowest BCUT2D eigenvalue weighted by Crippen LogP contribution is -2.19. The summed E-state index contributed by atoms with van der Waals surface area (Å²) in [6.45, 7) is 6.46. The van der Waals surface area contributed by atoms with E-state index in [1.165, 1.54) is 0 Å². The van der Waals surface area contributed by atoms with Gasteiger partial charge in [-0.2, -0.15) is 0 Å². The fourth-order valence-corrected chi connectivity index (χ4v) is 1.30. The van der Waals surface area contributed by atoms with Gasteiger partial charge in [0, 0.05) is 13.6 Å². The Morgan fingerprint density at radius 2 is 2.31 bits per heavy atom. The maximum absolute atomic E-state index is 5.80. The summed E-state index contributed by atoms with van der Waals surface area (Å²) in [5.41, 5.74) is 1.12. The molecule has 3 heteroatoms. The van der Waals surface area contributed by atoms with Gasteiger partial charge in [0.1, 0.15) is 11.0 Å². The highest BCUT2D eigenvalue weighted by Crippen LogP contribution is 2.18. The van der Waals surface area contributed by atoms with Crippen LogP contribution in [0.5, 0.6) is 0 Å². The third kappa shape index (κ3) is 2.46. The van der Waals surface area contributed by atoms with Crippen molar-refractivity contribution >= 4 is 17.4 Å². The number of aryl methyl sites for hydroxylation is 1. The predicted octanol–water partition coefficient (Wildman–Crippen LogP) is 2.67. The minimum Gasteiger partial charge on any atom is -0.356 e. The highest BCUT2D eigenvalue weighted by molar-refractivity contribution is 6.29. The molecule has 0 atom stereocenters. The molecule has 1 aromatic heterocycles. The van der Waals surface area contributed by atoms with Crippen molar-refractivity contribution in [3.05, 3.63) is 35.5 Å². The molecule has 0 aliphatic carbocycles. The van der Waals surface area contributed by atoms with Gasteiger partial charge in [-0.05, 0) is 18.6 Å². The van der Waals surface area contributed by atoms with E-state index in [1.807, 2.05) is 31.0 Å². The molecule has 70 valence electrons. The molecule has 0 saturated heterocycles. The van der Waals surface area contributed by atoms with Gasteiger partial charge < -0.3 is 4.90 Å². The van der Waals surface area contributed by atoms with E-state index in [9.17, 15) is 0 Å². The van der Waals surface area contributed by atoms with Crippen molar-refractivity contribution in [3.8, 4) is 0 Å². The van der Waals surface area contributed by atoms with Crippen molar-refractivity contribution in [1.82, 2.24) is 4.98 Å². The summed E-state index contributed by atoms with van der Waals surface area (Å²) in [5.74, 6) is 0.910. The van der Waals surface area contributed by atoms with E-state index in [4.69, 9.17) is 11.6 Å². The molecule has 13 heavy (non-hydrogen) atoms. The zero-order valence-corrected chi connectivity index (χ0v) is 8.67. The lowest BCUT2D eigenvalue weighted by molar-refractivity contribution is 0.979. The first-order chi connectivity index (χ1) is 6.15. The standard InChI is InChI=1S/C10H13ClN2/c1-4-7-13(3)10-8(2)5-6-9(11)12-10/h4-6H,1,7H2,2-3H3. The highest BCUT2D eigenvalue weighted by atomic mass is 35.5. The average molecular weight is 197 g/mol. The van der Waals surface area contributed by atoms with Crippen molar-refractivity contribution in [2.24, 2.45) is 0 Å². The largest absolute Gasteiger partial charge is 0.356 e. The summed E-state index contributed by atoms with van der Waals surface area (Å²) in [5, 5.41) is 0.525. The molecular weight excluding hydrogens is 184 g/mol. The average Bonchev–Trinajstić information content (AvgIpc) is 2.09. The smallest absolute Gasteiger partial charge is 0.133 e. The second kappa shape index (κ2) is 4.28. The molecule has 0 N–H and O–H groups in total. The van der Waals surface area contributed by atoms with E-state index in [1.54, 1.807) is 6.07 Å². The van der Waals surface area contributed by atoms with E-state index in [-0.39, 0.29) is 0 Å². The van der Waals surface area contributed by atoms with Crippen LogP contribution in [0.25, 0.3) is 0 Å². The molecule has 0 aliphatic heterocycles. The van der Waals surface area contributed by atoms with Crippen LogP contribution >= 0.6 is 11.6 Å². The van der Waals surface area contributed by atoms with Crippen LogP contribution in [0.1, 0.15) is 5.56 Å². The van der Waals surface area contributed by atoms with Gasteiger partial charge in [0.2, 0.25) is 0 Å². The van der Waals surface area contributed by atoms with Gasteiger partial charge in [-0.25, -0.2) is 4.98 Å². The van der Waals surface area contributed by atoms with Gasteiger partial charge in [-0.1, -0.05) is 23.7 Å². The number of likely N-dealkylation sites (N-methyl/N-ethyl adjacent to an activating group) is 1. The second-order valence-electron chi connectivity index (χ2n) is 2.94. The first-order valence-corrected chi connectivity index (χ1v) is 4.48. The third-order valence-corrected chi connectivity index (χ3v) is 2.01. The molecule has 0 fully saturated rings. The Hall–Kier alpha value is -1.02. The molecular formula is C10H13ClN2. The Morgan fingerprint density at radius 1 is 1.62 bits per heavy atom. The molecule has 0 aliphatic rings. The molecule has 1 rings (SSSR count). The van der Waals surface area contributed by atoms with Crippen molar-refractivity contribution in [2.75, 3.05) is 18.5 Å². The lowest BCUT2D eigenvalue weighted by Gasteiger charge is -2.17. The van der Waals surface area contributed by atoms with Crippen LogP contribution in [-0.4, -0.2) is 18.6 Å². The Bertz CT molecular complexity index is 310. The Labute approximate surface area is 83.8 Å². The molecule has 1 aromatic rings. The number of hydrogen-bond donors (Lipinski definition) is 0. The zero-order valence-electron chi connectivity index (χ0n) is 7.92. The highest BCUT2D eigenvalue weighted by Gasteiger charge is 2.04. The Morgan fingerprint density at radius 3 is 2.92 bits per heavy atom. The van der Waals surface area contributed by atoms with Crippen LogP contribution in [0.4, 0.5) is 5.82 Å². The van der Waals surface area contributed by atoms with Crippen LogP contribution in [0.3, 0.4) is 0 Å². The van der Waals surface area contributed by atoms with Crippen LogP contribution < -0.4 is 4.90 Å². The topological polar surface area (TPSA) is 16.1 Å². The number of anilines is 1. The number of halogens is 1. The van der Waals surface area contributed by atoms with Gasteiger partial charge >= 0.3 is 0 Å². The summed E-state index contributed by atoms with van der Waals surface area (Å²) in [6.07, 6.45) is 1.84. The molecule has 1 heterocycles. The van der Waals surface area contributed by atoms with Gasteiger partial charge in [-0.3, -0.25) is 0 Å². The molecule has 0 amide bonds. The van der Waals surface area contributed by atoms with E-state index < -0.39 is 0 Å². The number of hydrogen-bond acceptors (Lipinski definition) is 2. The zero-order chi connectivity index (χ0) is 9.84. The van der Waals surface area contributed by atoms with Crippen LogP contribution in [0.2, 0.25) is 5.15 Å². The molecule has 0 saturated carbocycles. The minimum atomic E-state index is 0.525. The quantitative estimate of drug-likeness (QED) is 0.546. The lowest BCUT2D eigenvalue weighted by atomic mass is 10.3. The summed E-state index contributed by atoms with van der Waals surface area (Å²) >= 11 is 5.80. The second-order valence-corrected chi connectivity index (χ2v) is 3.33. The SMILES string of the molecule is C=CCN(C)c1nc(Cl)ccc1C. The Kier molecular flexibility index (Phi) is 3.32. The maximum atomic E-state index is 5.80. The van der Waals surface area contributed by atoms with Crippen molar-refractivity contribution < 1.29 is 0 Å². The maximum Gasteiger partial charge on any atom is 0.133 e. The monoisotopic (exact) mass is 196 g/mol. The molecule has 0 unspecified atom stereocenters. The molecule has 2 nitrogen and oxygen atoms in total. The molecule has 0 bridgehead atoms. The number of nitrogens with zero attached hydrogens (tertiary/aromatic N) is 2. The normalized spacial score (nSPS) is 9.77. The summed E-state index contributed by atoms with van der Waals surface area (Å²) in [7, 11) is 1.97. The van der Waals surface area contributed by atoms with Gasteiger partial charge in [-0.15, -0.1) is 6.58 Å². The van der Waals surface area contributed by atoms with E-state index in [2.05, 4.69) is 11.6 Å². The van der Waals surface area contributed by atoms with E-state index in [0.717, 1.165) is 17.9 Å². The van der Waals surface area contributed by atoms with Gasteiger partial charge in [0.15, 0.2) is 0 Å². The first kappa shape index (κ1) is 10.1. The van der Waals surface area contributed by atoms with Crippen molar-refractivity contribution in [2.45, 2.75) is 6.92 Å². The van der Waals surface area contributed by atoms with E-state index >= 15 is 0 Å². The fourth-order valence-electron chi connectivity index (χ4n) is 1.16. The summed E-state index contributed by atoms with van der Waals surface area (Å²) < 4.78 is 0. The van der Waals surface area contributed by atoms with Crippen LogP contribution in [-0.2, 0) is 0 Å². The fraction of sp³-hybridized carbons (Fsp3) is 0.300. The number of aromatic nitrogens is 1. The molecule has 0 radical (unpaired) electrons. The molecule has 0 spiro atoms. The number of rotatable bonds is 3. The van der Waals surface area contributed by atoms with Gasteiger partial charge in [0.25, 0.3) is 0 Å². The van der Waals surface area contributed by atoms with Crippen LogP contribution in [0, 0.1) is 6.92 Å². The van der Waals surface area contributed by atoms with E-state index in [0.29, 0.717) is 5.15 Å². The minimum absolute atomic E-state index is 0.525. The Balaban J connectivity index is 2.97. The summed E-state index contributed by atoms with van der Waals surface area (Å²) in [4.78, 5) is 6.24. The molecule has 0 aromatic carbocycles. The predicted molar refractivity (Wildman–Crippen MR) is 57.5 cm³/mol. The van der Waals surface area contributed by atoms with Crippen molar-refractivity contribution in [3.63, 3.8) is 0 Å². The first-order valence-electron chi connectivity index (χ1n) is 4.10. The van der Waals surface area contributed by atoms with Crippen LogP contribution in [0.15, 0.2) is 24.8 Å². The van der Waals surface area contributed by atoms with Gasteiger partial charge in [0.05, 0.1) is 0 Å². The van der Waals surface area contributed by atoms with Crippen molar-refractivity contribution in [1.29, 1.82) is 0 Å². The number of pyridine rings is 1.